The van der Waals surface area contributed by atoms with Crippen molar-refractivity contribution in [3.63, 3.8) is 0 Å². The summed E-state index contributed by atoms with van der Waals surface area (Å²) in [7, 11) is 0. The molecule has 3 aromatic carbocycles. The predicted molar refractivity (Wildman–Crippen MR) is 151 cm³/mol. The van der Waals surface area contributed by atoms with Crippen molar-refractivity contribution in [3.05, 3.63) is 95.6 Å². The molecule has 1 aliphatic carbocycles. The van der Waals surface area contributed by atoms with Gasteiger partial charge in [-0.2, -0.15) is 13.2 Å². The molecule has 0 bridgehead atoms. The van der Waals surface area contributed by atoms with E-state index in [-0.39, 0.29) is 18.4 Å². The Labute approximate surface area is 233 Å². The molecule has 0 saturated carbocycles. The van der Waals surface area contributed by atoms with Gasteiger partial charge >= 0.3 is 6.18 Å². The van der Waals surface area contributed by atoms with Crippen LogP contribution in [0.25, 0.3) is 11.1 Å². The molecule has 0 radical (unpaired) electrons. The predicted octanol–water partition coefficient (Wildman–Crippen LogP) is 5.99. The Morgan fingerprint density at radius 1 is 0.700 bits per heavy atom. The number of carbonyl (C=O) groups is 2. The summed E-state index contributed by atoms with van der Waals surface area (Å²) in [6.45, 7) is 0.148. The number of hydrogen-bond acceptors (Lipinski definition) is 3. The molecule has 1 aliphatic rings. The maximum absolute atomic E-state index is 13.0. The van der Waals surface area contributed by atoms with Gasteiger partial charge in [-0.25, -0.2) is 0 Å². The van der Waals surface area contributed by atoms with Gasteiger partial charge in [-0.1, -0.05) is 79.6 Å². The molecule has 0 spiro atoms. The topological polar surface area (TPSA) is 70.2 Å². The van der Waals surface area contributed by atoms with Crippen molar-refractivity contribution in [1.29, 1.82) is 0 Å². The smallest absolute Gasteiger partial charge is 0.356 e. The molecule has 3 N–H and O–H groups in total. The molecule has 5 nitrogen and oxygen atoms in total. The van der Waals surface area contributed by atoms with E-state index in [1.54, 1.807) is 24.3 Å². The first kappa shape index (κ1) is 29.3. The zero-order valence-electron chi connectivity index (χ0n) is 22.5. The molecule has 0 fully saturated rings. The summed E-state index contributed by atoms with van der Waals surface area (Å²) in [4.78, 5) is 24.3. The fraction of sp³-hybridized carbons (Fsp3) is 0.375. The van der Waals surface area contributed by atoms with Gasteiger partial charge in [-0.3, -0.25) is 9.59 Å². The van der Waals surface area contributed by atoms with Gasteiger partial charge in [-0.15, -0.1) is 0 Å². The van der Waals surface area contributed by atoms with Crippen molar-refractivity contribution in [2.75, 3.05) is 26.2 Å². The van der Waals surface area contributed by atoms with Gasteiger partial charge in [0.1, 0.15) is 0 Å². The molecular weight excluding hydrogens is 515 g/mol. The number of fused-ring (bicyclic) bond motifs is 3. The molecule has 8 heteroatoms. The van der Waals surface area contributed by atoms with E-state index >= 15 is 0 Å². The summed E-state index contributed by atoms with van der Waals surface area (Å²) in [5.74, 6) is -0.208. The first-order valence-electron chi connectivity index (χ1n) is 13.9. The fourth-order valence-corrected chi connectivity index (χ4v) is 5.57. The Hall–Kier alpha value is -3.65. The van der Waals surface area contributed by atoms with Crippen LogP contribution in [0.5, 0.6) is 0 Å². The van der Waals surface area contributed by atoms with E-state index in [1.165, 1.54) is 0 Å². The fourth-order valence-electron chi connectivity index (χ4n) is 5.57. The Balaban J connectivity index is 1.23. The highest BCUT2D eigenvalue weighted by molar-refractivity contribution is 5.94. The van der Waals surface area contributed by atoms with Gasteiger partial charge in [-0.05, 0) is 53.6 Å². The molecule has 0 atom stereocenters. The van der Waals surface area contributed by atoms with Crippen LogP contribution in [0.2, 0.25) is 0 Å². The Morgan fingerprint density at radius 3 is 1.95 bits per heavy atom. The molecule has 4 rings (SSSR count). The van der Waals surface area contributed by atoms with Gasteiger partial charge in [0.2, 0.25) is 5.91 Å². The molecule has 2 amide bonds. The molecule has 0 aromatic heterocycles. The van der Waals surface area contributed by atoms with Crippen LogP contribution in [0.1, 0.15) is 60.0 Å². The number of halogens is 3. The van der Waals surface area contributed by atoms with Crippen LogP contribution in [-0.4, -0.2) is 44.2 Å². The summed E-state index contributed by atoms with van der Waals surface area (Å²) >= 11 is 0. The minimum atomic E-state index is -4.27. The van der Waals surface area contributed by atoms with Crippen molar-refractivity contribution in [2.45, 2.75) is 50.1 Å². The average molecular weight is 552 g/mol. The average Bonchev–Trinajstić information content (AvgIpc) is 3.22. The van der Waals surface area contributed by atoms with E-state index < -0.39 is 18.1 Å². The SMILES string of the molecule is O=C(CCCNC(=O)c1ccccc1)NCCCCCC1(CNCC(F)(F)F)c2ccccc2-c2ccccc21. The number of carbonyl (C=O) groups excluding carboxylic acids is 2. The highest BCUT2D eigenvalue weighted by Gasteiger charge is 2.42. The van der Waals surface area contributed by atoms with Crippen molar-refractivity contribution < 1.29 is 22.8 Å². The summed E-state index contributed by atoms with van der Waals surface area (Å²) in [6.07, 6.45) is -0.235. The third-order valence-corrected chi connectivity index (χ3v) is 7.43. The standard InChI is InChI=1S/C32H36F3N3O2/c33-32(34,35)23-36-22-31(27-16-7-5-14-25(27)26-15-6-8-17-28(26)31)19-9-2-10-20-37-29(39)18-11-21-38-30(40)24-12-3-1-4-13-24/h1,3-8,12-17,36H,2,9-11,18-23H2,(H,37,39)(H,38,40). The first-order valence-corrected chi connectivity index (χ1v) is 13.9. The van der Waals surface area contributed by atoms with Crippen LogP contribution >= 0.6 is 0 Å². The largest absolute Gasteiger partial charge is 0.401 e. The van der Waals surface area contributed by atoms with Crippen molar-refractivity contribution in [1.82, 2.24) is 16.0 Å². The van der Waals surface area contributed by atoms with Crippen LogP contribution in [-0.2, 0) is 10.2 Å². The van der Waals surface area contributed by atoms with E-state index in [0.717, 1.165) is 41.5 Å². The van der Waals surface area contributed by atoms with Gasteiger partial charge < -0.3 is 16.0 Å². The normalized spacial score (nSPS) is 13.4. The second-order valence-corrected chi connectivity index (χ2v) is 10.3. The molecule has 3 aromatic rings. The zero-order chi connectivity index (χ0) is 28.4. The number of amides is 2. The van der Waals surface area contributed by atoms with Crippen LogP contribution in [0.15, 0.2) is 78.9 Å². The lowest BCUT2D eigenvalue weighted by Crippen LogP contribution is -2.41. The van der Waals surface area contributed by atoms with E-state index in [4.69, 9.17) is 0 Å². The highest BCUT2D eigenvalue weighted by Crippen LogP contribution is 2.51. The van der Waals surface area contributed by atoms with Crippen molar-refractivity contribution in [2.24, 2.45) is 0 Å². The molecule has 0 unspecified atom stereocenters. The number of rotatable bonds is 14. The Kier molecular flexibility index (Phi) is 9.98. The van der Waals surface area contributed by atoms with Crippen LogP contribution < -0.4 is 16.0 Å². The highest BCUT2D eigenvalue weighted by atomic mass is 19.4. The van der Waals surface area contributed by atoms with E-state index in [2.05, 4.69) is 16.0 Å². The second kappa shape index (κ2) is 13.6. The maximum atomic E-state index is 13.0. The van der Waals surface area contributed by atoms with E-state index in [0.29, 0.717) is 37.9 Å². The zero-order valence-corrected chi connectivity index (χ0v) is 22.5. The van der Waals surface area contributed by atoms with E-state index in [9.17, 15) is 22.8 Å². The van der Waals surface area contributed by atoms with Crippen molar-refractivity contribution in [3.8, 4) is 11.1 Å². The lowest BCUT2D eigenvalue weighted by molar-refractivity contribution is -0.125. The first-order chi connectivity index (χ1) is 19.3. The van der Waals surface area contributed by atoms with Crippen LogP contribution in [0.4, 0.5) is 13.2 Å². The second-order valence-electron chi connectivity index (χ2n) is 10.3. The van der Waals surface area contributed by atoms with Gasteiger partial charge in [0.25, 0.3) is 5.91 Å². The van der Waals surface area contributed by atoms with Gasteiger partial charge in [0, 0.05) is 37.0 Å². The number of unbranched alkanes of at least 4 members (excludes halogenated alkanes) is 2. The monoisotopic (exact) mass is 551 g/mol. The number of benzene rings is 3. The molecule has 212 valence electrons. The third kappa shape index (κ3) is 7.50. The molecule has 40 heavy (non-hydrogen) atoms. The third-order valence-electron chi connectivity index (χ3n) is 7.43. The summed E-state index contributed by atoms with van der Waals surface area (Å²) in [5, 5.41) is 8.44. The number of alkyl halides is 3. The number of nitrogens with one attached hydrogen (secondary N) is 3. The maximum Gasteiger partial charge on any atom is 0.401 e. The Bertz CT molecular complexity index is 1230. The lowest BCUT2D eigenvalue weighted by atomic mass is 9.74. The molecule has 0 saturated heterocycles. The van der Waals surface area contributed by atoms with Crippen LogP contribution in [0, 0.1) is 0 Å². The Morgan fingerprint density at radius 2 is 1.30 bits per heavy atom. The van der Waals surface area contributed by atoms with Crippen LogP contribution in [0.3, 0.4) is 0 Å². The lowest BCUT2D eigenvalue weighted by Gasteiger charge is -2.33. The number of hydrogen-bond donors (Lipinski definition) is 3. The minimum Gasteiger partial charge on any atom is -0.356 e. The van der Waals surface area contributed by atoms with Gasteiger partial charge in [0.05, 0.1) is 6.54 Å². The summed E-state index contributed by atoms with van der Waals surface area (Å²) < 4.78 is 39.0. The van der Waals surface area contributed by atoms with E-state index in [1.807, 2.05) is 54.6 Å². The van der Waals surface area contributed by atoms with Crippen molar-refractivity contribution >= 4 is 11.8 Å². The minimum absolute atomic E-state index is 0.0552. The quantitative estimate of drug-likeness (QED) is 0.216. The molecular formula is C32H36F3N3O2. The summed E-state index contributed by atoms with van der Waals surface area (Å²) in [5.41, 5.74) is 4.36. The molecule has 0 heterocycles. The summed E-state index contributed by atoms with van der Waals surface area (Å²) in [6, 6.07) is 24.9. The van der Waals surface area contributed by atoms with Gasteiger partial charge in [0.15, 0.2) is 0 Å². The molecule has 0 aliphatic heterocycles.